The van der Waals surface area contributed by atoms with Crippen LogP contribution in [0.2, 0.25) is 0 Å². The summed E-state index contributed by atoms with van der Waals surface area (Å²) >= 11 is 0. The van der Waals surface area contributed by atoms with Crippen molar-refractivity contribution in [2.75, 3.05) is 18.0 Å². The molecule has 0 spiro atoms. The maximum Gasteiger partial charge on any atom is 0.266 e. The minimum atomic E-state index is 0.0667. The first-order valence-electron chi connectivity index (χ1n) is 6.87. The lowest BCUT2D eigenvalue weighted by Gasteiger charge is -2.18. The van der Waals surface area contributed by atoms with Crippen LogP contribution in [0, 0.1) is 0 Å². The molecule has 1 aromatic rings. The van der Waals surface area contributed by atoms with Gasteiger partial charge in [0.2, 0.25) is 5.89 Å². The van der Waals surface area contributed by atoms with Crippen molar-refractivity contribution in [1.82, 2.24) is 15.5 Å². The van der Waals surface area contributed by atoms with Crippen LogP contribution in [0.15, 0.2) is 4.52 Å². The van der Waals surface area contributed by atoms with Crippen molar-refractivity contribution in [3.05, 3.63) is 5.89 Å². The van der Waals surface area contributed by atoms with Crippen molar-refractivity contribution >= 4 is 5.95 Å². The summed E-state index contributed by atoms with van der Waals surface area (Å²) in [5.74, 6) is 1.42. The van der Waals surface area contributed by atoms with Gasteiger partial charge in [0, 0.05) is 18.6 Å². The second-order valence-corrected chi connectivity index (χ2v) is 5.99. The molecule has 2 rings (SSSR count). The van der Waals surface area contributed by atoms with E-state index in [4.69, 9.17) is 4.52 Å². The van der Waals surface area contributed by atoms with Gasteiger partial charge in [0.1, 0.15) is 0 Å². The summed E-state index contributed by atoms with van der Waals surface area (Å²) in [5.41, 5.74) is 0.0667. The van der Waals surface area contributed by atoms with Crippen molar-refractivity contribution in [2.45, 2.75) is 58.5 Å². The van der Waals surface area contributed by atoms with Crippen LogP contribution in [-0.4, -0.2) is 28.8 Å². The largest absolute Gasteiger partial charge is 0.338 e. The average Bonchev–Trinajstić information content (AvgIpc) is 2.60. The van der Waals surface area contributed by atoms with E-state index in [9.17, 15) is 0 Å². The monoisotopic (exact) mass is 252 g/mol. The zero-order chi connectivity index (χ0) is 13.0. The molecule has 0 aromatic carbocycles. The molecule has 102 valence electrons. The third-order valence-electron chi connectivity index (χ3n) is 3.12. The van der Waals surface area contributed by atoms with Crippen molar-refractivity contribution < 1.29 is 4.52 Å². The van der Waals surface area contributed by atoms with Gasteiger partial charge in [0.05, 0.1) is 6.54 Å². The van der Waals surface area contributed by atoms with E-state index in [1.807, 2.05) is 0 Å². The predicted octanol–water partition coefficient (Wildman–Crippen LogP) is 2.34. The predicted molar refractivity (Wildman–Crippen MR) is 71.6 cm³/mol. The first-order chi connectivity index (χ1) is 8.54. The van der Waals surface area contributed by atoms with Gasteiger partial charge in [-0.15, -0.1) is 0 Å². The maximum absolute atomic E-state index is 5.29. The normalized spacial score (nSPS) is 17.8. The van der Waals surface area contributed by atoms with Gasteiger partial charge >= 0.3 is 0 Å². The van der Waals surface area contributed by atoms with Crippen LogP contribution in [0.4, 0.5) is 5.95 Å². The number of aromatic nitrogens is 2. The number of rotatable bonds is 3. The zero-order valence-electron chi connectivity index (χ0n) is 11.7. The lowest BCUT2D eigenvalue weighted by atomic mass is 10.1. The fourth-order valence-corrected chi connectivity index (χ4v) is 2.06. The van der Waals surface area contributed by atoms with E-state index in [1.54, 1.807) is 0 Å². The highest BCUT2D eigenvalue weighted by atomic mass is 16.5. The van der Waals surface area contributed by atoms with E-state index in [-0.39, 0.29) is 5.54 Å². The van der Waals surface area contributed by atoms with Crippen LogP contribution in [0.5, 0.6) is 0 Å². The fourth-order valence-electron chi connectivity index (χ4n) is 2.06. The van der Waals surface area contributed by atoms with Gasteiger partial charge in [-0.05, 0) is 38.8 Å². The Labute approximate surface area is 109 Å². The number of nitrogens with one attached hydrogen (secondary N) is 1. The van der Waals surface area contributed by atoms with Gasteiger partial charge < -0.3 is 14.7 Å². The van der Waals surface area contributed by atoms with Crippen LogP contribution >= 0.6 is 0 Å². The van der Waals surface area contributed by atoms with E-state index in [0.29, 0.717) is 12.4 Å². The molecule has 1 saturated heterocycles. The van der Waals surface area contributed by atoms with Crippen LogP contribution in [0.25, 0.3) is 0 Å². The smallest absolute Gasteiger partial charge is 0.266 e. The summed E-state index contributed by atoms with van der Waals surface area (Å²) in [5, 5.41) is 7.43. The SMILES string of the molecule is CC(C)(C)NCc1nc(N2CCCCCC2)no1. The number of hydrogen-bond donors (Lipinski definition) is 1. The van der Waals surface area contributed by atoms with Gasteiger partial charge in [-0.3, -0.25) is 0 Å². The molecule has 1 fully saturated rings. The fraction of sp³-hybridized carbons (Fsp3) is 0.846. The first-order valence-corrected chi connectivity index (χ1v) is 6.87. The van der Waals surface area contributed by atoms with Crippen LogP contribution < -0.4 is 10.2 Å². The average molecular weight is 252 g/mol. The van der Waals surface area contributed by atoms with E-state index < -0.39 is 0 Å². The second-order valence-electron chi connectivity index (χ2n) is 5.99. The van der Waals surface area contributed by atoms with Gasteiger partial charge in [-0.25, -0.2) is 0 Å². The summed E-state index contributed by atoms with van der Waals surface area (Å²) in [4.78, 5) is 6.70. The van der Waals surface area contributed by atoms with Gasteiger partial charge in [-0.2, -0.15) is 4.98 Å². The molecule has 0 amide bonds. The lowest BCUT2D eigenvalue weighted by Crippen LogP contribution is -2.35. The Bertz CT molecular complexity index is 361. The lowest BCUT2D eigenvalue weighted by molar-refractivity contribution is 0.335. The highest BCUT2D eigenvalue weighted by Crippen LogP contribution is 2.16. The van der Waals surface area contributed by atoms with Gasteiger partial charge in [-0.1, -0.05) is 12.8 Å². The molecule has 0 aliphatic carbocycles. The minimum Gasteiger partial charge on any atom is -0.338 e. The second kappa shape index (κ2) is 5.69. The first kappa shape index (κ1) is 13.3. The standard InChI is InChI=1S/C13H24N4O/c1-13(2,3)14-10-11-15-12(16-18-11)17-8-6-4-5-7-9-17/h14H,4-10H2,1-3H3. The van der Waals surface area contributed by atoms with E-state index in [2.05, 4.69) is 41.1 Å². The number of nitrogens with zero attached hydrogens (tertiary/aromatic N) is 3. The van der Waals surface area contributed by atoms with Crippen molar-refractivity contribution in [1.29, 1.82) is 0 Å². The van der Waals surface area contributed by atoms with E-state index in [1.165, 1.54) is 25.7 Å². The zero-order valence-corrected chi connectivity index (χ0v) is 11.7. The molecule has 1 aliphatic rings. The Morgan fingerprint density at radius 2 is 1.83 bits per heavy atom. The maximum atomic E-state index is 5.29. The molecule has 0 atom stereocenters. The molecule has 0 radical (unpaired) electrons. The Balaban J connectivity index is 1.92. The minimum absolute atomic E-state index is 0.0667. The molecular formula is C13H24N4O. The molecule has 0 bridgehead atoms. The summed E-state index contributed by atoms with van der Waals surface area (Å²) < 4.78 is 5.29. The Morgan fingerprint density at radius 3 is 2.44 bits per heavy atom. The molecule has 18 heavy (non-hydrogen) atoms. The highest BCUT2D eigenvalue weighted by molar-refractivity contribution is 5.27. The third kappa shape index (κ3) is 3.98. The molecule has 1 aliphatic heterocycles. The van der Waals surface area contributed by atoms with Crippen LogP contribution in [0.3, 0.4) is 0 Å². The number of anilines is 1. The van der Waals surface area contributed by atoms with E-state index >= 15 is 0 Å². The van der Waals surface area contributed by atoms with E-state index in [0.717, 1.165) is 19.0 Å². The highest BCUT2D eigenvalue weighted by Gasteiger charge is 2.17. The van der Waals surface area contributed by atoms with Gasteiger partial charge in [0.15, 0.2) is 0 Å². The van der Waals surface area contributed by atoms with Crippen LogP contribution in [0.1, 0.15) is 52.3 Å². The molecule has 1 N–H and O–H groups in total. The number of hydrogen-bond acceptors (Lipinski definition) is 5. The molecule has 0 saturated carbocycles. The van der Waals surface area contributed by atoms with Crippen molar-refractivity contribution in [3.63, 3.8) is 0 Å². The molecule has 2 heterocycles. The van der Waals surface area contributed by atoms with Crippen LogP contribution in [-0.2, 0) is 6.54 Å². The molecular weight excluding hydrogens is 228 g/mol. The Kier molecular flexibility index (Phi) is 4.22. The van der Waals surface area contributed by atoms with Gasteiger partial charge in [0.25, 0.3) is 5.95 Å². The molecule has 5 heteroatoms. The Hall–Kier alpha value is -1.10. The summed E-state index contributed by atoms with van der Waals surface area (Å²) in [7, 11) is 0. The summed E-state index contributed by atoms with van der Waals surface area (Å²) in [6, 6.07) is 0. The Morgan fingerprint density at radius 1 is 1.17 bits per heavy atom. The molecule has 0 unspecified atom stereocenters. The summed E-state index contributed by atoms with van der Waals surface area (Å²) in [6.45, 7) is 9.10. The van der Waals surface area contributed by atoms with Crippen molar-refractivity contribution in [3.8, 4) is 0 Å². The third-order valence-corrected chi connectivity index (χ3v) is 3.12. The van der Waals surface area contributed by atoms with Crippen molar-refractivity contribution in [2.24, 2.45) is 0 Å². The topological polar surface area (TPSA) is 54.2 Å². The quantitative estimate of drug-likeness (QED) is 0.895. The molecule has 1 aromatic heterocycles. The summed E-state index contributed by atoms with van der Waals surface area (Å²) in [6.07, 6.45) is 5.08. The molecule has 5 nitrogen and oxygen atoms in total.